The number of halogens is 9. The molecule has 4 aliphatic rings. The maximum Gasteiger partial charge on any atom is 0.422 e. The van der Waals surface area contributed by atoms with Gasteiger partial charge in [-0.2, -0.15) is 26.3 Å². The highest BCUT2D eigenvalue weighted by Crippen LogP contribution is 2.36. The van der Waals surface area contributed by atoms with E-state index in [0.29, 0.717) is 98.6 Å². The minimum atomic E-state index is -4.49. The Morgan fingerprint density at radius 3 is 1.27 bits per heavy atom. The fraction of sp³-hybridized carbons (Fsp3) is 0.538. The number of nitrogens with one attached hydrogen (secondary N) is 1. The van der Waals surface area contributed by atoms with Crippen molar-refractivity contribution in [1.29, 1.82) is 0 Å². The van der Waals surface area contributed by atoms with E-state index in [1.54, 1.807) is 6.07 Å². The Labute approximate surface area is 460 Å². The van der Waals surface area contributed by atoms with Crippen molar-refractivity contribution in [3.05, 3.63) is 84.4 Å². The molecule has 0 bridgehead atoms. The molecule has 16 nitrogen and oxygen atoms in total. The maximum absolute atomic E-state index is 13.9. The van der Waals surface area contributed by atoms with Gasteiger partial charge in [-0.3, -0.25) is 9.80 Å². The second-order valence-corrected chi connectivity index (χ2v) is 23.5. The molecule has 4 fully saturated rings. The average Bonchev–Trinajstić information content (AvgIpc) is 3.43. The molecule has 2 saturated carbocycles. The van der Waals surface area contributed by atoms with Crippen LogP contribution in [-0.4, -0.2) is 157 Å². The summed E-state index contributed by atoms with van der Waals surface area (Å²) in [6.45, 7) is 2.38. The van der Waals surface area contributed by atoms with E-state index in [-0.39, 0.29) is 33.4 Å². The molecule has 0 unspecified atom stereocenters. The number of hydrogen-bond donors (Lipinski definition) is 2. The van der Waals surface area contributed by atoms with Crippen LogP contribution in [0.4, 0.5) is 46.5 Å². The molecule has 0 amide bonds. The second kappa shape index (κ2) is 28.0. The zero-order valence-corrected chi connectivity index (χ0v) is 46.5. The van der Waals surface area contributed by atoms with Crippen LogP contribution >= 0.6 is 10.7 Å². The highest BCUT2D eigenvalue weighted by molar-refractivity contribution is 8.13. The molecule has 0 radical (unpaired) electrons. The Hall–Kier alpha value is -5.25. The Morgan fingerprint density at radius 2 is 0.886 bits per heavy atom. The topological polar surface area (TPSA) is 175 Å². The lowest BCUT2D eigenvalue weighted by atomic mass is 9.90. The number of hydrogen-bond acceptors (Lipinski definition) is 15. The average molecular weight is 1190 g/mol. The number of rotatable bonds is 16. The van der Waals surface area contributed by atoms with Gasteiger partial charge in [0.1, 0.15) is 23.1 Å². The van der Waals surface area contributed by atoms with Gasteiger partial charge in [0, 0.05) is 111 Å². The molecule has 0 aromatic heterocycles. The molecule has 0 atom stereocenters. The number of benzene rings is 4. The lowest BCUT2D eigenvalue weighted by Crippen LogP contribution is -2.52. The first kappa shape index (κ1) is 62.9. The number of nitrogens with zero attached hydrogens (tertiary/aromatic N) is 4. The molecule has 0 spiro atoms. The predicted molar refractivity (Wildman–Crippen MR) is 282 cm³/mol. The number of piperazine rings is 2. The molecule has 27 heteroatoms. The molecular weight excluding hydrogens is 1120 g/mol. The lowest BCUT2D eigenvalue weighted by molar-refractivity contribution is -0.154. The van der Waals surface area contributed by atoms with Gasteiger partial charge in [0.2, 0.25) is 10.0 Å². The molecule has 2 heterocycles. The number of alkyl halides is 6. The van der Waals surface area contributed by atoms with Crippen LogP contribution in [-0.2, 0) is 19.1 Å². The zero-order chi connectivity index (χ0) is 57.7. The van der Waals surface area contributed by atoms with Crippen molar-refractivity contribution < 1.29 is 80.4 Å². The first-order chi connectivity index (χ1) is 37.3. The maximum atomic E-state index is 13.9. The molecule has 2 aliphatic heterocycles. The molecule has 4 aromatic rings. The quantitative estimate of drug-likeness (QED) is 0.0803. The van der Waals surface area contributed by atoms with E-state index in [4.69, 9.17) is 44.8 Å². The zero-order valence-electron chi connectivity index (χ0n) is 44.1. The summed E-state index contributed by atoms with van der Waals surface area (Å²) in [5, 5.41) is 0. The van der Waals surface area contributed by atoms with Crippen LogP contribution in [0.2, 0.25) is 0 Å². The van der Waals surface area contributed by atoms with Gasteiger partial charge >= 0.3 is 12.4 Å². The van der Waals surface area contributed by atoms with Gasteiger partial charge in [0.05, 0.1) is 49.6 Å². The monoisotopic (exact) mass is 1190 g/mol. The van der Waals surface area contributed by atoms with Crippen LogP contribution in [0.1, 0.15) is 51.4 Å². The van der Waals surface area contributed by atoms with Crippen molar-refractivity contribution in [2.24, 2.45) is 5.73 Å². The second-order valence-electron chi connectivity index (χ2n) is 19.2. The number of ether oxygens (including phenoxy) is 6. The van der Waals surface area contributed by atoms with Gasteiger partial charge in [-0.05, 0) is 99.9 Å². The predicted octanol–water partition coefficient (Wildman–Crippen LogP) is 8.99. The van der Waals surface area contributed by atoms with Crippen molar-refractivity contribution >= 4 is 41.1 Å². The van der Waals surface area contributed by atoms with Crippen molar-refractivity contribution in [3.8, 4) is 34.5 Å². The Morgan fingerprint density at radius 1 is 0.519 bits per heavy atom. The summed E-state index contributed by atoms with van der Waals surface area (Å²) < 4.78 is 184. The molecule has 8 rings (SSSR count). The van der Waals surface area contributed by atoms with Crippen molar-refractivity contribution in [2.75, 3.05) is 104 Å². The molecule has 4 aromatic carbocycles. The van der Waals surface area contributed by atoms with Gasteiger partial charge in [-0.1, -0.05) is 0 Å². The third-order valence-electron chi connectivity index (χ3n) is 14.0. The summed E-state index contributed by atoms with van der Waals surface area (Å²) in [5.41, 5.74) is 6.66. The van der Waals surface area contributed by atoms with E-state index in [1.807, 2.05) is 9.80 Å². The van der Waals surface area contributed by atoms with Gasteiger partial charge < -0.3 is 44.0 Å². The molecule has 440 valence electrons. The number of methoxy groups -OCH3 is 4. The molecule has 79 heavy (non-hydrogen) atoms. The summed E-state index contributed by atoms with van der Waals surface area (Å²) in [6.07, 6.45) is -1.72. The third-order valence-corrected chi connectivity index (χ3v) is 16.9. The SMILES string of the molecule is COc1ccc(S(=O)(=O)Cl)cc1OC.COc1ccc(S(=O)(=O)NC2CCC(N3CCN(c4cc(F)ccc4OCC(F)(F)F)CC3)CC2)cc1OC.NC1CCC(N2CCN(c3cc(F)ccc3OCC(F)(F)F)CC2)CC1. The molecule has 2 aliphatic carbocycles. The normalized spacial score (nSPS) is 20.7. The third kappa shape index (κ3) is 18.6. The van der Waals surface area contributed by atoms with Crippen molar-refractivity contribution in [3.63, 3.8) is 0 Å². The Bertz CT molecular complexity index is 2830. The molecular formula is C52H67ClF8N6O10S2. The highest BCUT2D eigenvalue weighted by atomic mass is 35.7. The van der Waals surface area contributed by atoms with Gasteiger partial charge in [-0.25, -0.2) is 30.3 Å². The standard InChI is InChI=1S/C26H33F4N3O5S.C18H25F4N3O.C8H9ClO4S/c1-36-24-10-8-21(16-25(24)37-2)39(34,35)31-19-4-6-20(7-5-19)32-11-13-33(14-12-32)22-15-18(27)3-9-23(22)38-17-26(28,29)30;19-13-1-6-17(26-12-18(20,21)22)16(11-13)25-9-7-24(8-10-25)15-4-2-14(23)3-5-15;1-12-7-4-3-6(14(9,10)11)5-8(7)13-2/h3,8-10,15-16,19-20,31H,4-7,11-14,17H2,1-2H3;1,6,11,14-15H,2-5,7-10,12,23H2;3-5H,1-2H3. The largest absolute Gasteiger partial charge is 0.493 e. The van der Waals surface area contributed by atoms with Crippen LogP contribution in [0, 0.1) is 11.6 Å². The van der Waals surface area contributed by atoms with Crippen LogP contribution in [0.25, 0.3) is 0 Å². The van der Waals surface area contributed by atoms with Crippen LogP contribution in [0.5, 0.6) is 34.5 Å². The van der Waals surface area contributed by atoms with Crippen molar-refractivity contribution in [1.82, 2.24) is 14.5 Å². The van der Waals surface area contributed by atoms with E-state index in [1.165, 1.54) is 83.0 Å². The Kier molecular flexibility index (Phi) is 22.3. The van der Waals surface area contributed by atoms with Crippen LogP contribution in [0.15, 0.2) is 82.6 Å². The Balaban J connectivity index is 0.000000215. The fourth-order valence-electron chi connectivity index (χ4n) is 9.96. The van der Waals surface area contributed by atoms with E-state index >= 15 is 0 Å². The summed E-state index contributed by atoms with van der Waals surface area (Å²) in [7, 11) is 3.51. The minimum Gasteiger partial charge on any atom is -0.493 e. The fourth-order valence-corrected chi connectivity index (χ4v) is 12.0. The lowest BCUT2D eigenvalue weighted by Gasteiger charge is -2.43. The van der Waals surface area contributed by atoms with Gasteiger partial charge in [0.15, 0.2) is 36.2 Å². The minimum absolute atomic E-state index is 0.00412. The summed E-state index contributed by atoms with van der Waals surface area (Å²) in [6, 6.07) is 16.7. The number of sulfonamides is 1. The smallest absolute Gasteiger partial charge is 0.422 e. The number of anilines is 2. The van der Waals surface area contributed by atoms with E-state index in [9.17, 15) is 52.0 Å². The summed E-state index contributed by atoms with van der Waals surface area (Å²) >= 11 is 0. The first-order valence-corrected chi connectivity index (χ1v) is 29.2. The number of nitrogens with two attached hydrogens (primary N) is 1. The van der Waals surface area contributed by atoms with Gasteiger partial charge in [0.25, 0.3) is 9.05 Å². The van der Waals surface area contributed by atoms with Crippen LogP contribution < -0.4 is 48.7 Å². The summed E-state index contributed by atoms with van der Waals surface area (Å²) in [4.78, 5) is 8.56. The first-order valence-electron chi connectivity index (χ1n) is 25.4. The van der Waals surface area contributed by atoms with E-state index in [2.05, 4.69) is 14.5 Å². The van der Waals surface area contributed by atoms with Crippen molar-refractivity contribution in [2.45, 2.75) is 97.7 Å². The van der Waals surface area contributed by atoms with E-state index in [0.717, 1.165) is 63.7 Å². The summed E-state index contributed by atoms with van der Waals surface area (Å²) in [5.74, 6) is 0.611. The molecule has 3 N–H and O–H groups in total. The highest BCUT2D eigenvalue weighted by Gasteiger charge is 2.34. The molecule has 2 saturated heterocycles. The van der Waals surface area contributed by atoms with Crippen LogP contribution in [0.3, 0.4) is 0 Å². The van der Waals surface area contributed by atoms with Gasteiger partial charge in [-0.15, -0.1) is 0 Å². The van der Waals surface area contributed by atoms with E-state index < -0.39 is 56.3 Å².